The van der Waals surface area contributed by atoms with Crippen LogP contribution in [0.25, 0.3) is 0 Å². The van der Waals surface area contributed by atoms with E-state index in [1.165, 1.54) is 5.56 Å². The number of nitrogens with zero attached hydrogens (tertiary/aromatic N) is 2. The van der Waals surface area contributed by atoms with Crippen molar-refractivity contribution < 1.29 is 0 Å². The van der Waals surface area contributed by atoms with Crippen molar-refractivity contribution in [2.75, 3.05) is 0 Å². The Hall–Kier alpha value is -1.74. The molecule has 1 atom stereocenters. The minimum Gasteiger partial charge on any atom is -0.328 e. The Balaban J connectivity index is 2.11. The molecule has 2 N–H and O–H groups in total. The van der Waals surface area contributed by atoms with Crippen LogP contribution in [0.15, 0.2) is 42.6 Å². The summed E-state index contributed by atoms with van der Waals surface area (Å²) >= 11 is 0. The summed E-state index contributed by atoms with van der Waals surface area (Å²) in [6, 6.07) is 12.3. The van der Waals surface area contributed by atoms with Crippen molar-refractivity contribution in [1.82, 2.24) is 9.97 Å². The van der Waals surface area contributed by atoms with Crippen LogP contribution in [-0.2, 0) is 12.8 Å². The van der Waals surface area contributed by atoms with Gasteiger partial charge in [-0.25, -0.2) is 9.97 Å². The zero-order chi connectivity index (χ0) is 12.1. The minimum atomic E-state index is 0.134. The maximum Gasteiger partial charge on any atom is 0.132 e. The third-order valence-electron chi connectivity index (χ3n) is 2.50. The van der Waals surface area contributed by atoms with Gasteiger partial charge >= 0.3 is 0 Å². The topological polar surface area (TPSA) is 51.8 Å². The molecule has 88 valence electrons. The summed E-state index contributed by atoms with van der Waals surface area (Å²) in [5.74, 6) is 0.856. The summed E-state index contributed by atoms with van der Waals surface area (Å²) in [7, 11) is 0. The number of hydrogen-bond donors (Lipinski definition) is 1. The number of benzene rings is 1. The molecule has 3 heteroatoms. The molecule has 2 aromatic rings. The van der Waals surface area contributed by atoms with Crippen LogP contribution in [0.3, 0.4) is 0 Å². The molecule has 0 spiro atoms. The van der Waals surface area contributed by atoms with Gasteiger partial charge in [-0.2, -0.15) is 0 Å². The Morgan fingerprint density at radius 3 is 2.65 bits per heavy atom. The lowest BCUT2D eigenvalue weighted by atomic mass is 10.1. The Bertz CT molecular complexity index is 466. The van der Waals surface area contributed by atoms with Crippen LogP contribution in [0.2, 0.25) is 0 Å². The minimum absolute atomic E-state index is 0.134. The third kappa shape index (κ3) is 3.64. The quantitative estimate of drug-likeness (QED) is 0.868. The second-order valence-electron chi connectivity index (χ2n) is 4.31. The number of aromatic nitrogens is 2. The fraction of sp³-hybridized carbons (Fsp3) is 0.286. The van der Waals surface area contributed by atoms with E-state index in [1.807, 2.05) is 37.4 Å². The summed E-state index contributed by atoms with van der Waals surface area (Å²) in [5.41, 5.74) is 8.01. The molecule has 0 saturated heterocycles. The highest BCUT2D eigenvalue weighted by Gasteiger charge is 2.03. The van der Waals surface area contributed by atoms with Gasteiger partial charge < -0.3 is 5.73 Å². The molecular weight excluding hydrogens is 210 g/mol. The fourth-order valence-electron chi connectivity index (χ4n) is 1.75. The van der Waals surface area contributed by atoms with Gasteiger partial charge in [0.1, 0.15) is 5.82 Å². The van der Waals surface area contributed by atoms with Crippen LogP contribution >= 0.6 is 0 Å². The lowest BCUT2D eigenvalue weighted by Crippen LogP contribution is -2.19. The van der Waals surface area contributed by atoms with Gasteiger partial charge in [-0.05, 0) is 18.6 Å². The highest BCUT2D eigenvalue weighted by Crippen LogP contribution is 2.06. The molecule has 0 aliphatic heterocycles. The molecule has 1 aromatic heterocycles. The highest BCUT2D eigenvalue weighted by atomic mass is 14.9. The average molecular weight is 227 g/mol. The predicted octanol–water partition coefficient (Wildman–Crippen LogP) is 1.96. The Kier molecular flexibility index (Phi) is 3.83. The Morgan fingerprint density at radius 2 is 1.94 bits per heavy atom. The number of rotatable bonds is 4. The first-order chi connectivity index (χ1) is 8.24. The molecule has 1 heterocycles. The molecule has 0 fully saturated rings. The van der Waals surface area contributed by atoms with Gasteiger partial charge in [0, 0.05) is 30.8 Å². The maximum atomic E-state index is 5.77. The predicted molar refractivity (Wildman–Crippen MR) is 68.6 cm³/mol. The monoisotopic (exact) mass is 227 g/mol. The number of hydrogen-bond acceptors (Lipinski definition) is 3. The molecule has 0 aliphatic carbocycles. The molecule has 0 bridgehead atoms. The molecule has 17 heavy (non-hydrogen) atoms. The SMILES string of the molecule is CC(N)Cc1ccnc(Cc2ccccc2)n1. The van der Waals surface area contributed by atoms with Crippen molar-refractivity contribution in [1.29, 1.82) is 0 Å². The maximum absolute atomic E-state index is 5.77. The van der Waals surface area contributed by atoms with Gasteiger partial charge in [-0.1, -0.05) is 30.3 Å². The molecule has 0 radical (unpaired) electrons. The highest BCUT2D eigenvalue weighted by molar-refractivity contribution is 5.19. The van der Waals surface area contributed by atoms with E-state index in [0.717, 1.165) is 24.4 Å². The fourth-order valence-corrected chi connectivity index (χ4v) is 1.75. The van der Waals surface area contributed by atoms with Crippen molar-refractivity contribution >= 4 is 0 Å². The lowest BCUT2D eigenvalue weighted by molar-refractivity contribution is 0.713. The molecule has 0 saturated carbocycles. The van der Waals surface area contributed by atoms with Crippen molar-refractivity contribution in [3.63, 3.8) is 0 Å². The molecular formula is C14H17N3. The van der Waals surface area contributed by atoms with Crippen LogP contribution in [0.5, 0.6) is 0 Å². The van der Waals surface area contributed by atoms with Crippen molar-refractivity contribution in [2.45, 2.75) is 25.8 Å². The number of nitrogens with two attached hydrogens (primary N) is 1. The summed E-state index contributed by atoms with van der Waals surface area (Å²) in [6.07, 6.45) is 3.38. The van der Waals surface area contributed by atoms with Gasteiger partial charge in [0.05, 0.1) is 0 Å². The summed E-state index contributed by atoms with van der Waals surface area (Å²) in [5, 5.41) is 0. The summed E-state index contributed by atoms with van der Waals surface area (Å²) < 4.78 is 0. The smallest absolute Gasteiger partial charge is 0.132 e. The average Bonchev–Trinajstić information content (AvgIpc) is 2.30. The van der Waals surface area contributed by atoms with Crippen LogP contribution in [-0.4, -0.2) is 16.0 Å². The van der Waals surface area contributed by atoms with E-state index in [4.69, 9.17) is 5.73 Å². The molecule has 1 aromatic carbocycles. The third-order valence-corrected chi connectivity index (χ3v) is 2.50. The molecule has 1 unspecified atom stereocenters. The first-order valence-electron chi connectivity index (χ1n) is 5.84. The van der Waals surface area contributed by atoms with E-state index in [9.17, 15) is 0 Å². The normalized spacial score (nSPS) is 12.4. The van der Waals surface area contributed by atoms with Crippen molar-refractivity contribution in [2.24, 2.45) is 5.73 Å². The van der Waals surface area contributed by atoms with Gasteiger partial charge in [0.15, 0.2) is 0 Å². The molecule has 2 rings (SSSR count). The second kappa shape index (κ2) is 5.55. The van der Waals surface area contributed by atoms with E-state index in [2.05, 4.69) is 22.1 Å². The Labute approximate surface area is 102 Å². The van der Waals surface area contributed by atoms with Crippen molar-refractivity contribution in [3.8, 4) is 0 Å². The van der Waals surface area contributed by atoms with E-state index >= 15 is 0 Å². The standard InChI is InChI=1S/C14H17N3/c1-11(15)9-13-7-8-16-14(17-13)10-12-5-3-2-4-6-12/h2-8,11H,9-10,15H2,1H3. The second-order valence-corrected chi connectivity index (χ2v) is 4.31. The van der Waals surface area contributed by atoms with Crippen LogP contribution in [0, 0.1) is 0 Å². The van der Waals surface area contributed by atoms with Crippen LogP contribution in [0.4, 0.5) is 0 Å². The summed E-state index contributed by atoms with van der Waals surface area (Å²) in [6.45, 7) is 1.99. The van der Waals surface area contributed by atoms with Crippen LogP contribution < -0.4 is 5.73 Å². The molecule has 3 nitrogen and oxygen atoms in total. The molecule has 0 aliphatic rings. The molecule has 0 amide bonds. The zero-order valence-electron chi connectivity index (χ0n) is 10.0. The van der Waals surface area contributed by atoms with Gasteiger partial charge in [0.25, 0.3) is 0 Å². The first kappa shape index (κ1) is 11.7. The Morgan fingerprint density at radius 1 is 1.18 bits per heavy atom. The first-order valence-corrected chi connectivity index (χ1v) is 5.84. The summed E-state index contributed by atoms with van der Waals surface area (Å²) in [4.78, 5) is 8.81. The van der Waals surface area contributed by atoms with Gasteiger partial charge in [-0.3, -0.25) is 0 Å². The van der Waals surface area contributed by atoms with E-state index in [-0.39, 0.29) is 6.04 Å². The van der Waals surface area contributed by atoms with E-state index in [0.29, 0.717) is 0 Å². The largest absolute Gasteiger partial charge is 0.328 e. The lowest BCUT2D eigenvalue weighted by Gasteiger charge is -2.06. The zero-order valence-corrected chi connectivity index (χ0v) is 10.0. The van der Waals surface area contributed by atoms with Crippen LogP contribution in [0.1, 0.15) is 24.0 Å². The van der Waals surface area contributed by atoms with E-state index < -0.39 is 0 Å². The van der Waals surface area contributed by atoms with Gasteiger partial charge in [-0.15, -0.1) is 0 Å². The van der Waals surface area contributed by atoms with Crippen molar-refractivity contribution in [3.05, 3.63) is 59.7 Å². The van der Waals surface area contributed by atoms with E-state index in [1.54, 1.807) is 0 Å². The van der Waals surface area contributed by atoms with Gasteiger partial charge in [0.2, 0.25) is 0 Å².